The molecule has 0 aliphatic carbocycles. The minimum absolute atomic E-state index is 0.0766. The van der Waals surface area contributed by atoms with Gasteiger partial charge in [-0.15, -0.1) is 11.3 Å². The Labute approximate surface area is 331 Å². The number of carbonyl (C=O) groups is 4. The van der Waals surface area contributed by atoms with Gasteiger partial charge in [0, 0.05) is 68.2 Å². The Morgan fingerprint density at radius 2 is 1.61 bits per heavy atom. The summed E-state index contributed by atoms with van der Waals surface area (Å²) < 4.78 is 12.5. The Kier molecular flexibility index (Phi) is 11.9. The number of likely N-dealkylation sites (N-methyl/N-ethyl adjacent to an activating group) is 1. The average molecular weight is 801 g/mol. The molecule has 14 nitrogen and oxygen atoms in total. The van der Waals surface area contributed by atoms with Crippen LogP contribution in [0, 0.1) is 19.8 Å². The van der Waals surface area contributed by atoms with Crippen molar-refractivity contribution in [1.82, 2.24) is 19.4 Å². The Morgan fingerprint density at radius 1 is 0.911 bits per heavy atom. The quantitative estimate of drug-likeness (QED) is 0.124. The summed E-state index contributed by atoms with van der Waals surface area (Å²) in [5.41, 5.74) is 4.23. The zero-order chi connectivity index (χ0) is 39.5. The number of benzene rings is 2. The second kappa shape index (κ2) is 17.0. The van der Waals surface area contributed by atoms with Crippen molar-refractivity contribution in [3.63, 3.8) is 0 Å². The summed E-state index contributed by atoms with van der Waals surface area (Å²) in [6.45, 7) is 6.14. The number of aromatic nitrogens is 3. The number of nitrogens with zero attached hydrogens (tertiary/aromatic N) is 5. The van der Waals surface area contributed by atoms with Crippen LogP contribution in [0.3, 0.4) is 0 Å². The molecular weight excluding hydrogens is 757 g/mol. The Hall–Kier alpha value is -5.00. The van der Waals surface area contributed by atoms with E-state index in [1.165, 1.54) is 11.3 Å². The molecule has 3 N–H and O–H groups in total. The summed E-state index contributed by atoms with van der Waals surface area (Å²) in [6.07, 6.45) is 4.53. The fraction of sp³-hybridized carbons (Fsp3) is 0.400. The summed E-state index contributed by atoms with van der Waals surface area (Å²) in [6, 6.07) is 14.4. The molecule has 0 radical (unpaired) electrons. The van der Waals surface area contributed by atoms with Crippen molar-refractivity contribution in [2.45, 2.75) is 58.2 Å². The van der Waals surface area contributed by atoms with Crippen LogP contribution < -0.4 is 10.2 Å². The number of hydrogen-bond donors (Lipinski definition) is 3. The van der Waals surface area contributed by atoms with Crippen LogP contribution in [-0.2, 0) is 25.6 Å². The first-order valence-corrected chi connectivity index (χ1v) is 20.2. The van der Waals surface area contributed by atoms with E-state index in [9.17, 15) is 29.4 Å². The lowest BCUT2D eigenvalue weighted by Crippen LogP contribution is -2.46. The van der Waals surface area contributed by atoms with E-state index in [0.717, 1.165) is 45.6 Å². The van der Waals surface area contributed by atoms with Crippen LogP contribution in [0.2, 0.25) is 0 Å². The normalized spacial score (nSPS) is 15.9. The van der Waals surface area contributed by atoms with Gasteiger partial charge in [-0.05, 0) is 80.8 Å². The van der Waals surface area contributed by atoms with E-state index in [1.807, 2.05) is 54.3 Å². The smallest absolute Gasteiger partial charge is 0.326 e. The van der Waals surface area contributed by atoms with Crippen LogP contribution in [0.5, 0.6) is 0 Å². The maximum absolute atomic E-state index is 13.9. The number of anilines is 2. The first kappa shape index (κ1) is 39.2. The van der Waals surface area contributed by atoms with Gasteiger partial charge in [-0.25, -0.2) is 14.8 Å². The number of rotatable bonds is 13. The molecule has 0 unspecified atom stereocenters. The van der Waals surface area contributed by atoms with Gasteiger partial charge in [0.1, 0.15) is 11.0 Å². The van der Waals surface area contributed by atoms with Gasteiger partial charge in [-0.3, -0.25) is 23.9 Å². The highest BCUT2D eigenvalue weighted by atomic mass is 32.1. The molecule has 2 aliphatic heterocycles. The van der Waals surface area contributed by atoms with Crippen molar-refractivity contribution < 1.29 is 38.9 Å². The fourth-order valence-electron chi connectivity index (χ4n) is 7.69. The third-order valence-corrected chi connectivity index (χ3v) is 12.9. The molecular formula is C40H44N6O8S2. The highest BCUT2D eigenvalue weighted by molar-refractivity contribution is 7.17. The molecule has 5 heterocycles. The molecule has 5 aromatic rings. The maximum atomic E-state index is 13.9. The molecule has 2 aliphatic rings. The van der Waals surface area contributed by atoms with E-state index in [0.29, 0.717) is 78.4 Å². The summed E-state index contributed by atoms with van der Waals surface area (Å²) in [4.78, 5) is 65.1. The monoisotopic (exact) mass is 800 g/mol. The van der Waals surface area contributed by atoms with E-state index in [1.54, 1.807) is 35.7 Å². The van der Waals surface area contributed by atoms with Gasteiger partial charge in [0.15, 0.2) is 10.0 Å². The Bertz CT molecular complexity index is 2250. The SMILES string of the molecule is Cc1nc(C(=O)n2ccc3c(-c4cccc(NC(=O)c5nc(C)c(N(C)[C@H](C(=O)O)C6CCOCC6)s5)c4)cccc32)sc1CN(CC(=O)O)C1CCOCC1. The average Bonchev–Trinajstić information content (AvgIpc) is 3.91. The molecule has 3 aromatic heterocycles. The second-order valence-corrected chi connectivity index (χ2v) is 16.2. The predicted octanol–water partition coefficient (Wildman–Crippen LogP) is 6.16. The Balaban J connectivity index is 1.08. The van der Waals surface area contributed by atoms with E-state index in [2.05, 4.69) is 15.3 Å². The van der Waals surface area contributed by atoms with Crippen molar-refractivity contribution in [2.75, 3.05) is 50.2 Å². The van der Waals surface area contributed by atoms with Crippen molar-refractivity contribution in [1.29, 1.82) is 0 Å². The molecule has 2 aromatic carbocycles. The molecule has 1 amide bonds. The summed E-state index contributed by atoms with van der Waals surface area (Å²) in [7, 11) is 1.74. The van der Waals surface area contributed by atoms with Gasteiger partial charge >= 0.3 is 11.9 Å². The number of thiazole rings is 2. The number of nitrogens with one attached hydrogen (secondary N) is 1. The number of carboxylic acids is 2. The predicted molar refractivity (Wildman–Crippen MR) is 214 cm³/mol. The minimum Gasteiger partial charge on any atom is -0.480 e. The number of aliphatic carboxylic acids is 2. The number of carbonyl (C=O) groups excluding carboxylic acids is 2. The molecule has 294 valence electrons. The molecule has 0 bridgehead atoms. The zero-order valence-corrected chi connectivity index (χ0v) is 33.0. The van der Waals surface area contributed by atoms with Gasteiger partial charge < -0.3 is 29.9 Å². The second-order valence-electron chi connectivity index (χ2n) is 14.2. The van der Waals surface area contributed by atoms with Crippen LogP contribution in [-0.4, -0.2) is 106 Å². The van der Waals surface area contributed by atoms with Crippen LogP contribution in [0.4, 0.5) is 10.7 Å². The van der Waals surface area contributed by atoms with Gasteiger partial charge in [-0.1, -0.05) is 35.6 Å². The first-order chi connectivity index (χ1) is 27.0. The number of aryl methyl sites for hydroxylation is 2. The van der Waals surface area contributed by atoms with Gasteiger partial charge in [0.25, 0.3) is 11.8 Å². The van der Waals surface area contributed by atoms with Gasteiger partial charge in [0.05, 0.1) is 23.4 Å². The number of carboxylic acid groups (broad SMARTS) is 2. The summed E-state index contributed by atoms with van der Waals surface area (Å²) in [5, 5.41) is 24.7. The van der Waals surface area contributed by atoms with Crippen LogP contribution >= 0.6 is 22.7 Å². The molecule has 1 atom stereocenters. The lowest BCUT2D eigenvalue weighted by Gasteiger charge is -2.34. The number of hydrogen-bond acceptors (Lipinski definition) is 12. The third-order valence-electron chi connectivity index (χ3n) is 10.5. The first-order valence-electron chi connectivity index (χ1n) is 18.6. The van der Waals surface area contributed by atoms with Crippen molar-refractivity contribution in [3.8, 4) is 11.1 Å². The van der Waals surface area contributed by atoms with Crippen LogP contribution in [0.15, 0.2) is 54.7 Å². The molecule has 0 saturated carbocycles. The highest BCUT2D eigenvalue weighted by Gasteiger charge is 2.35. The van der Waals surface area contributed by atoms with Crippen molar-refractivity contribution >= 4 is 68.0 Å². The molecule has 2 saturated heterocycles. The van der Waals surface area contributed by atoms with Crippen LogP contribution in [0.1, 0.15) is 61.6 Å². The van der Waals surface area contributed by atoms with E-state index >= 15 is 0 Å². The van der Waals surface area contributed by atoms with E-state index in [4.69, 9.17) is 9.47 Å². The molecule has 2 fully saturated rings. The van der Waals surface area contributed by atoms with Crippen molar-refractivity contribution in [3.05, 3.63) is 81.0 Å². The van der Waals surface area contributed by atoms with E-state index < -0.39 is 23.9 Å². The standard InChI is InChI=1S/C40H44N6O8S2/c1-23-32(21-45(22-33(47)48)28-13-18-54-19-14-28)55-37(41-23)38(50)46-15-10-30-29(8-5-9-31(30)46)26-6-4-7-27(20-26)43-35(49)36-42-24(2)39(56-36)44(3)34(40(51)52)25-11-16-53-17-12-25/h4-10,15,20,25,28,34H,11-14,16-19,21-22H2,1-3H3,(H,43,49)(H,47,48)(H,51,52)/t34-/m0/s1. The van der Waals surface area contributed by atoms with E-state index in [-0.39, 0.29) is 29.4 Å². The van der Waals surface area contributed by atoms with Gasteiger partial charge in [-0.2, -0.15) is 0 Å². The molecule has 56 heavy (non-hydrogen) atoms. The Morgan fingerprint density at radius 3 is 2.32 bits per heavy atom. The molecule has 7 rings (SSSR count). The minimum atomic E-state index is -0.917. The number of amides is 1. The lowest BCUT2D eigenvalue weighted by atomic mass is 9.91. The number of ether oxygens (including phenoxy) is 2. The third kappa shape index (κ3) is 8.39. The van der Waals surface area contributed by atoms with Gasteiger partial charge in [0.2, 0.25) is 0 Å². The molecule has 0 spiro atoms. The summed E-state index contributed by atoms with van der Waals surface area (Å²) in [5.74, 6) is -2.57. The summed E-state index contributed by atoms with van der Waals surface area (Å²) >= 11 is 2.45. The fourth-order valence-corrected chi connectivity index (χ4v) is 9.68. The van der Waals surface area contributed by atoms with Crippen molar-refractivity contribution in [2.24, 2.45) is 5.92 Å². The molecule has 16 heteroatoms. The zero-order valence-electron chi connectivity index (χ0n) is 31.4. The maximum Gasteiger partial charge on any atom is 0.326 e. The van der Waals surface area contributed by atoms with Crippen LogP contribution in [0.25, 0.3) is 22.0 Å². The number of fused-ring (bicyclic) bond motifs is 1. The highest BCUT2D eigenvalue weighted by Crippen LogP contribution is 2.35. The largest absolute Gasteiger partial charge is 0.480 e. The topological polar surface area (TPSA) is 176 Å². The lowest BCUT2D eigenvalue weighted by molar-refractivity contribution is -0.141.